The first-order valence-electron chi connectivity index (χ1n) is 4.42. The Morgan fingerprint density at radius 3 is 2.86 bits per heavy atom. The lowest BCUT2D eigenvalue weighted by molar-refractivity contribution is 0.190. The van der Waals surface area contributed by atoms with Gasteiger partial charge in [-0.15, -0.1) is 0 Å². The van der Waals surface area contributed by atoms with E-state index < -0.39 is 6.09 Å². The molecule has 1 aromatic rings. The van der Waals surface area contributed by atoms with Crippen LogP contribution in [-0.4, -0.2) is 17.2 Å². The Morgan fingerprint density at radius 1 is 1.43 bits per heavy atom. The van der Waals surface area contributed by atoms with Crippen molar-refractivity contribution in [1.29, 1.82) is 0 Å². The Hall–Kier alpha value is -1.03. The van der Waals surface area contributed by atoms with Crippen molar-refractivity contribution in [3.8, 4) is 0 Å². The summed E-state index contributed by atoms with van der Waals surface area (Å²) in [6.45, 7) is 0. The average Bonchev–Trinajstić information content (AvgIpc) is 2.44. The molecule has 1 unspecified atom stereocenters. The summed E-state index contributed by atoms with van der Waals surface area (Å²) in [6.07, 6.45) is 0.651. The van der Waals surface area contributed by atoms with E-state index in [4.69, 9.17) is 5.11 Å². The molecule has 0 bridgehead atoms. The van der Waals surface area contributed by atoms with Crippen LogP contribution in [0, 0.1) is 0 Å². The number of amides is 1. The summed E-state index contributed by atoms with van der Waals surface area (Å²) in [4.78, 5) is 10.5. The number of fused-ring (bicyclic) bond motifs is 1. The minimum Gasteiger partial charge on any atom is -0.465 e. The largest absolute Gasteiger partial charge is 0.465 e. The van der Waals surface area contributed by atoms with Gasteiger partial charge in [-0.1, -0.05) is 22.0 Å². The average molecular weight is 256 g/mol. The van der Waals surface area contributed by atoms with Crippen LogP contribution in [0.3, 0.4) is 0 Å². The van der Waals surface area contributed by atoms with Crippen LogP contribution in [0.2, 0.25) is 0 Å². The van der Waals surface area contributed by atoms with Gasteiger partial charge in [0.15, 0.2) is 0 Å². The predicted molar refractivity (Wildman–Crippen MR) is 56.5 cm³/mol. The summed E-state index contributed by atoms with van der Waals surface area (Å²) >= 11 is 3.40. The van der Waals surface area contributed by atoms with E-state index in [2.05, 4.69) is 27.3 Å². The highest BCUT2D eigenvalue weighted by atomic mass is 79.9. The van der Waals surface area contributed by atoms with Crippen LogP contribution in [0.4, 0.5) is 4.79 Å². The van der Waals surface area contributed by atoms with Gasteiger partial charge in [0.25, 0.3) is 0 Å². The molecule has 3 nitrogen and oxygen atoms in total. The number of carbonyl (C=O) groups is 1. The van der Waals surface area contributed by atoms with Gasteiger partial charge >= 0.3 is 6.09 Å². The SMILES string of the molecule is O=C(O)NC1Cc2ccc(Br)cc2C1. The van der Waals surface area contributed by atoms with E-state index in [1.807, 2.05) is 12.1 Å². The zero-order valence-corrected chi connectivity index (χ0v) is 9.04. The molecule has 0 aliphatic heterocycles. The van der Waals surface area contributed by atoms with Gasteiger partial charge in [0.1, 0.15) is 0 Å². The second-order valence-corrected chi connectivity index (χ2v) is 4.38. The van der Waals surface area contributed by atoms with Gasteiger partial charge in [0.2, 0.25) is 0 Å². The molecule has 0 fully saturated rings. The first-order valence-corrected chi connectivity index (χ1v) is 5.21. The minimum atomic E-state index is -0.943. The van der Waals surface area contributed by atoms with E-state index >= 15 is 0 Å². The molecule has 1 amide bonds. The van der Waals surface area contributed by atoms with Crippen molar-refractivity contribution >= 4 is 22.0 Å². The van der Waals surface area contributed by atoms with Gasteiger partial charge in [-0.05, 0) is 36.1 Å². The quantitative estimate of drug-likeness (QED) is 0.809. The van der Waals surface area contributed by atoms with Gasteiger partial charge in [0.05, 0.1) is 0 Å². The number of halogens is 1. The molecule has 1 atom stereocenters. The smallest absolute Gasteiger partial charge is 0.404 e. The maximum absolute atomic E-state index is 10.5. The Balaban J connectivity index is 2.14. The second-order valence-electron chi connectivity index (χ2n) is 3.47. The summed E-state index contributed by atoms with van der Waals surface area (Å²) in [7, 11) is 0. The maximum atomic E-state index is 10.5. The number of hydrogen-bond acceptors (Lipinski definition) is 1. The fraction of sp³-hybridized carbons (Fsp3) is 0.300. The fourth-order valence-electron chi connectivity index (χ4n) is 1.86. The number of rotatable bonds is 1. The van der Waals surface area contributed by atoms with E-state index in [0.29, 0.717) is 0 Å². The lowest BCUT2D eigenvalue weighted by atomic mass is 10.1. The van der Waals surface area contributed by atoms with Gasteiger partial charge in [-0.3, -0.25) is 0 Å². The molecule has 74 valence electrons. The van der Waals surface area contributed by atoms with Crippen LogP contribution in [0.25, 0.3) is 0 Å². The normalized spacial score (nSPS) is 19.1. The highest BCUT2D eigenvalue weighted by Gasteiger charge is 2.22. The predicted octanol–water partition coefficient (Wildman–Crippen LogP) is 2.18. The standard InChI is InChI=1S/C10H10BrNO2/c11-8-2-1-6-4-9(12-10(13)14)5-7(6)3-8/h1-3,9,12H,4-5H2,(H,13,14). The molecule has 2 N–H and O–H groups in total. The third kappa shape index (κ3) is 1.90. The molecule has 0 spiro atoms. The van der Waals surface area contributed by atoms with Crippen molar-refractivity contribution in [1.82, 2.24) is 5.32 Å². The summed E-state index contributed by atoms with van der Waals surface area (Å²) in [5, 5.41) is 11.1. The Morgan fingerprint density at radius 2 is 2.14 bits per heavy atom. The number of nitrogens with one attached hydrogen (secondary N) is 1. The summed E-state index contributed by atoms with van der Waals surface area (Å²) in [6, 6.07) is 6.13. The lowest BCUT2D eigenvalue weighted by Gasteiger charge is -2.07. The van der Waals surface area contributed by atoms with Crippen molar-refractivity contribution in [2.75, 3.05) is 0 Å². The van der Waals surface area contributed by atoms with Gasteiger partial charge in [-0.25, -0.2) is 4.79 Å². The molecule has 0 saturated carbocycles. The van der Waals surface area contributed by atoms with E-state index in [1.165, 1.54) is 11.1 Å². The molecular weight excluding hydrogens is 246 g/mol. The van der Waals surface area contributed by atoms with Crippen molar-refractivity contribution in [2.24, 2.45) is 0 Å². The fourth-order valence-corrected chi connectivity index (χ4v) is 2.27. The maximum Gasteiger partial charge on any atom is 0.404 e. The summed E-state index contributed by atoms with van der Waals surface area (Å²) in [5.74, 6) is 0. The van der Waals surface area contributed by atoms with E-state index in [9.17, 15) is 4.79 Å². The van der Waals surface area contributed by atoms with Gasteiger partial charge in [0, 0.05) is 10.5 Å². The summed E-state index contributed by atoms with van der Waals surface area (Å²) < 4.78 is 1.05. The molecule has 2 rings (SSSR count). The van der Waals surface area contributed by atoms with Crippen molar-refractivity contribution in [2.45, 2.75) is 18.9 Å². The highest BCUT2D eigenvalue weighted by molar-refractivity contribution is 9.10. The molecule has 4 heteroatoms. The first kappa shape index (κ1) is 9.52. The zero-order valence-electron chi connectivity index (χ0n) is 7.46. The number of carboxylic acid groups (broad SMARTS) is 1. The van der Waals surface area contributed by atoms with Crippen molar-refractivity contribution in [3.05, 3.63) is 33.8 Å². The first-order chi connectivity index (χ1) is 6.65. The molecular formula is C10H10BrNO2. The minimum absolute atomic E-state index is 0.0387. The van der Waals surface area contributed by atoms with E-state index in [1.54, 1.807) is 0 Å². The number of hydrogen-bond donors (Lipinski definition) is 2. The van der Waals surface area contributed by atoms with E-state index in [-0.39, 0.29) is 6.04 Å². The lowest BCUT2D eigenvalue weighted by Crippen LogP contribution is -2.33. The van der Waals surface area contributed by atoms with Gasteiger partial charge < -0.3 is 10.4 Å². The molecule has 1 aliphatic carbocycles. The molecule has 0 heterocycles. The van der Waals surface area contributed by atoms with Crippen molar-refractivity contribution in [3.63, 3.8) is 0 Å². The molecule has 14 heavy (non-hydrogen) atoms. The summed E-state index contributed by atoms with van der Waals surface area (Å²) in [5.41, 5.74) is 2.48. The van der Waals surface area contributed by atoms with Gasteiger partial charge in [-0.2, -0.15) is 0 Å². The Bertz CT molecular complexity index is 378. The second kappa shape index (κ2) is 3.61. The number of benzene rings is 1. The van der Waals surface area contributed by atoms with Crippen LogP contribution in [0.5, 0.6) is 0 Å². The van der Waals surface area contributed by atoms with Crippen LogP contribution in [-0.2, 0) is 12.8 Å². The molecule has 1 aliphatic rings. The molecule has 1 aromatic carbocycles. The third-order valence-corrected chi connectivity index (χ3v) is 2.92. The van der Waals surface area contributed by atoms with Crippen molar-refractivity contribution < 1.29 is 9.90 Å². The molecule has 0 aromatic heterocycles. The van der Waals surface area contributed by atoms with Crippen LogP contribution < -0.4 is 5.32 Å². The zero-order chi connectivity index (χ0) is 10.1. The molecule has 0 saturated heterocycles. The highest BCUT2D eigenvalue weighted by Crippen LogP contribution is 2.25. The monoisotopic (exact) mass is 255 g/mol. The van der Waals surface area contributed by atoms with E-state index in [0.717, 1.165) is 17.3 Å². The van der Waals surface area contributed by atoms with Crippen LogP contribution >= 0.6 is 15.9 Å². The third-order valence-electron chi connectivity index (χ3n) is 2.43. The Kier molecular flexibility index (Phi) is 2.46. The van der Waals surface area contributed by atoms with Crippen LogP contribution in [0.1, 0.15) is 11.1 Å². The topological polar surface area (TPSA) is 49.3 Å². The Labute approximate surface area is 90.3 Å². The van der Waals surface area contributed by atoms with Crippen LogP contribution in [0.15, 0.2) is 22.7 Å². The molecule has 0 radical (unpaired) electrons.